The van der Waals surface area contributed by atoms with Crippen LogP contribution in [0.5, 0.6) is 5.75 Å². The lowest BCUT2D eigenvalue weighted by molar-refractivity contribution is 0.0697. The molecule has 0 radical (unpaired) electrons. The third-order valence-corrected chi connectivity index (χ3v) is 7.37. The highest BCUT2D eigenvalue weighted by atomic mass is 16.5. The molecule has 1 aliphatic heterocycles. The fourth-order valence-electron chi connectivity index (χ4n) is 5.17. The minimum atomic E-state index is -1.12. The van der Waals surface area contributed by atoms with Crippen LogP contribution in [0.25, 0.3) is 22.2 Å². The Morgan fingerprint density at radius 3 is 2.63 bits per heavy atom. The van der Waals surface area contributed by atoms with Gasteiger partial charge in [-0.05, 0) is 25.0 Å². The molecule has 0 bridgehead atoms. The summed E-state index contributed by atoms with van der Waals surface area (Å²) < 4.78 is 13.3. The first-order valence-electron chi connectivity index (χ1n) is 13.4. The van der Waals surface area contributed by atoms with Gasteiger partial charge in [-0.1, -0.05) is 18.2 Å². The van der Waals surface area contributed by atoms with Gasteiger partial charge in [0.05, 0.1) is 54.2 Å². The van der Waals surface area contributed by atoms with Gasteiger partial charge >= 0.3 is 12.0 Å². The van der Waals surface area contributed by atoms with E-state index in [0.29, 0.717) is 54.8 Å². The molecule has 212 valence electrons. The molecular weight excluding hydrogens is 526 g/mol. The number of amides is 2. The topological polar surface area (TPSA) is 143 Å². The lowest BCUT2D eigenvalue weighted by Crippen LogP contribution is -2.37. The number of hydrogen-bond acceptors (Lipinski definition) is 8. The fraction of sp³-hybridized carbons (Fsp3) is 0.310. The summed E-state index contributed by atoms with van der Waals surface area (Å²) in [6, 6.07) is 11.4. The number of para-hydroxylation sites is 1. The Labute approximate surface area is 236 Å². The second kappa shape index (κ2) is 11.0. The molecule has 0 spiro atoms. The minimum Gasteiger partial charge on any atom is -0.494 e. The number of hydrogen-bond donors (Lipinski definition) is 4. The van der Waals surface area contributed by atoms with Crippen molar-refractivity contribution >= 4 is 45.8 Å². The molecule has 2 fully saturated rings. The van der Waals surface area contributed by atoms with Gasteiger partial charge < -0.3 is 40.0 Å². The number of aromatic carboxylic acids is 1. The Kier molecular flexibility index (Phi) is 7.06. The number of methoxy groups -OCH3 is 1. The molecule has 0 unspecified atom stereocenters. The molecule has 2 aliphatic rings. The number of carboxylic acids is 1. The van der Waals surface area contributed by atoms with Crippen molar-refractivity contribution in [1.29, 1.82) is 0 Å². The first-order valence-corrected chi connectivity index (χ1v) is 13.4. The molecule has 2 aromatic heterocycles. The molecule has 6 rings (SSSR count). The average Bonchev–Trinajstić information content (AvgIpc) is 3.76. The van der Waals surface area contributed by atoms with Crippen molar-refractivity contribution in [3.05, 3.63) is 54.5 Å². The van der Waals surface area contributed by atoms with Gasteiger partial charge in [-0.25, -0.2) is 19.6 Å². The number of aromatic nitrogens is 3. The number of ether oxygens (including phenoxy) is 2. The molecule has 12 heteroatoms. The number of urea groups is 1. The van der Waals surface area contributed by atoms with Gasteiger partial charge in [-0.3, -0.25) is 0 Å². The maximum absolute atomic E-state index is 12.8. The summed E-state index contributed by atoms with van der Waals surface area (Å²) in [5.41, 5.74) is 3.79. The summed E-state index contributed by atoms with van der Waals surface area (Å²) in [6.45, 7) is 2.52. The van der Waals surface area contributed by atoms with Gasteiger partial charge in [0.25, 0.3) is 0 Å². The number of fused-ring (bicyclic) bond motifs is 1. The predicted molar refractivity (Wildman–Crippen MR) is 155 cm³/mol. The van der Waals surface area contributed by atoms with Crippen LogP contribution < -0.4 is 25.6 Å². The third-order valence-electron chi connectivity index (χ3n) is 7.37. The van der Waals surface area contributed by atoms with Crippen molar-refractivity contribution in [2.75, 3.05) is 48.9 Å². The normalized spacial score (nSPS) is 15.0. The Hall–Kier alpha value is -4.84. The van der Waals surface area contributed by atoms with Gasteiger partial charge in [0.2, 0.25) is 0 Å². The number of nitrogens with zero attached hydrogens (tertiary/aromatic N) is 4. The molecule has 4 N–H and O–H groups in total. The van der Waals surface area contributed by atoms with Crippen LogP contribution in [0.15, 0.2) is 48.9 Å². The minimum absolute atomic E-state index is 0.0133. The summed E-state index contributed by atoms with van der Waals surface area (Å²) in [4.78, 5) is 35.5. The second-order valence-electron chi connectivity index (χ2n) is 10.1. The van der Waals surface area contributed by atoms with E-state index in [4.69, 9.17) is 9.47 Å². The zero-order valence-electron chi connectivity index (χ0n) is 22.8. The first-order chi connectivity index (χ1) is 19.9. The van der Waals surface area contributed by atoms with Crippen LogP contribution in [0, 0.1) is 0 Å². The van der Waals surface area contributed by atoms with E-state index in [1.54, 1.807) is 7.11 Å². The highest BCUT2D eigenvalue weighted by Crippen LogP contribution is 2.43. The number of carboxylic acid groups (broad SMARTS) is 1. The standard InChI is InChI=1S/C29H31N7O5/c1-35-22-6-4-3-5-18(22)25(26-19(28(37)38)15-30-16-31-26)27(35)33-21-13-20(34-29(39)32-17-7-8-17)23(14-24(21)40-2)36-9-11-41-12-10-36/h3-6,13-17,33H,7-12H2,1-2H3,(H,37,38)(H2,32,34,39). The number of anilines is 4. The molecule has 4 aromatic rings. The van der Waals surface area contributed by atoms with E-state index < -0.39 is 5.97 Å². The predicted octanol–water partition coefficient (Wildman–Crippen LogP) is 4.21. The van der Waals surface area contributed by atoms with Crippen LogP contribution in [0.2, 0.25) is 0 Å². The van der Waals surface area contributed by atoms with Crippen LogP contribution in [-0.4, -0.2) is 71.1 Å². The van der Waals surface area contributed by atoms with E-state index in [0.717, 1.165) is 29.4 Å². The average molecular weight is 558 g/mol. The number of nitrogens with one attached hydrogen (secondary N) is 3. The van der Waals surface area contributed by atoms with E-state index in [1.165, 1.54) is 12.5 Å². The van der Waals surface area contributed by atoms with Crippen molar-refractivity contribution < 1.29 is 24.2 Å². The molecule has 12 nitrogen and oxygen atoms in total. The molecule has 1 saturated heterocycles. The molecule has 3 heterocycles. The van der Waals surface area contributed by atoms with E-state index >= 15 is 0 Å². The van der Waals surface area contributed by atoms with Crippen LogP contribution in [-0.2, 0) is 11.8 Å². The lowest BCUT2D eigenvalue weighted by Gasteiger charge is -2.31. The molecule has 2 amide bonds. The summed E-state index contributed by atoms with van der Waals surface area (Å²) in [6.07, 6.45) is 4.59. The quantitative estimate of drug-likeness (QED) is 0.251. The Bertz CT molecular complexity index is 1630. The van der Waals surface area contributed by atoms with Gasteiger partial charge in [-0.15, -0.1) is 0 Å². The van der Waals surface area contributed by atoms with Crippen molar-refractivity contribution in [3.63, 3.8) is 0 Å². The van der Waals surface area contributed by atoms with E-state index in [2.05, 4.69) is 30.8 Å². The maximum atomic E-state index is 12.8. The largest absolute Gasteiger partial charge is 0.494 e. The molecule has 2 aromatic carbocycles. The summed E-state index contributed by atoms with van der Waals surface area (Å²) in [5, 5.41) is 20.2. The van der Waals surface area contributed by atoms with Crippen LogP contribution >= 0.6 is 0 Å². The summed E-state index contributed by atoms with van der Waals surface area (Å²) in [7, 11) is 3.48. The van der Waals surface area contributed by atoms with Crippen LogP contribution in [0.1, 0.15) is 23.2 Å². The fourth-order valence-corrected chi connectivity index (χ4v) is 5.17. The number of rotatable bonds is 8. The van der Waals surface area contributed by atoms with E-state index in [-0.39, 0.29) is 23.3 Å². The van der Waals surface area contributed by atoms with Crippen molar-refractivity contribution in [2.24, 2.45) is 7.05 Å². The highest BCUT2D eigenvalue weighted by molar-refractivity contribution is 6.08. The lowest BCUT2D eigenvalue weighted by atomic mass is 10.0. The summed E-state index contributed by atoms with van der Waals surface area (Å²) in [5.74, 6) is 0.0373. The SMILES string of the molecule is COc1cc(N2CCOCC2)c(NC(=O)NC2CC2)cc1Nc1c(-c2ncncc2C(=O)O)c2ccccc2n1C. The number of benzene rings is 2. The van der Waals surface area contributed by atoms with Gasteiger partial charge in [0, 0.05) is 43.8 Å². The summed E-state index contributed by atoms with van der Waals surface area (Å²) >= 11 is 0. The molecular formula is C29H31N7O5. The number of morpholine rings is 1. The van der Waals surface area contributed by atoms with Gasteiger partial charge in [0.15, 0.2) is 0 Å². The zero-order valence-corrected chi connectivity index (χ0v) is 22.8. The number of carbonyl (C=O) groups excluding carboxylic acids is 1. The smallest absolute Gasteiger partial charge is 0.339 e. The second-order valence-corrected chi connectivity index (χ2v) is 10.1. The molecule has 1 aliphatic carbocycles. The van der Waals surface area contributed by atoms with E-state index in [9.17, 15) is 14.7 Å². The number of aryl methyl sites for hydroxylation is 1. The third kappa shape index (κ3) is 5.21. The Balaban J connectivity index is 1.48. The molecule has 41 heavy (non-hydrogen) atoms. The van der Waals surface area contributed by atoms with Crippen molar-refractivity contribution in [3.8, 4) is 17.0 Å². The molecule has 1 saturated carbocycles. The molecule has 0 atom stereocenters. The van der Waals surface area contributed by atoms with Crippen molar-refractivity contribution in [2.45, 2.75) is 18.9 Å². The van der Waals surface area contributed by atoms with Gasteiger partial charge in [0.1, 0.15) is 23.5 Å². The maximum Gasteiger partial charge on any atom is 0.339 e. The monoisotopic (exact) mass is 557 g/mol. The zero-order chi connectivity index (χ0) is 28.5. The van der Waals surface area contributed by atoms with Gasteiger partial charge in [-0.2, -0.15) is 0 Å². The highest BCUT2D eigenvalue weighted by Gasteiger charge is 2.27. The van der Waals surface area contributed by atoms with Crippen LogP contribution in [0.3, 0.4) is 0 Å². The number of carbonyl (C=O) groups is 2. The first kappa shape index (κ1) is 26.4. The Morgan fingerprint density at radius 1 is 1.12 bits per heavy atom. The Morgan fingerprint density at radius 2 is 1.90 bits per heavy atom. The van der Waals surface area contributed by atoms with Crippen molar-refractivity contribution in [1.82, 2.24) is 19.9 Å². The van der Waals surface area contributed by atoms with Crippen LogP contribution in [0.4, 0.5) is 27.7 Å². The van der Waals surface area contributed by atoms with E-state index in [1.807, 2.05) is 48.0 Å².